The maximum absolute atomic E-state index is 13.9. The first-order chi connectivity index (χ1) is 17.2. The molecule has 0 spiro atoms. The Labute approximate surface area is 213 Å². The number of nitrogens with zero attached hydrogens (tertiary/aromatic N) is 4. The number of rotatable bonds is 4. The average molecular weight is 532 g/mol. The van der Waals surface area contributed by atoms with Crippen LogP contribution < -0.4 is 4.90 Å². The van der Waals surface area contributed by atoms with Crippen LogP contribution in [-0.2, 0) is 6.18 Å². The van der Waals surface area contributed by atoms with Crippen LogP contribution in [0.15, 0.2) is 42.6 Å². The van der Waals surface area contributed by atoms with Crippen LogP contribution in [0.3, 0.4) is 0 Å². The lowest BCUT2D eigenvalue weighted by Gasteiger charge is -2.31. The molecule has 0 saturated carbocycles. The van der Waals surface area contributed by atoms with Crippen LogP contribution in [0.25, 0.3) is 22.6 Å². The number of hydrogen-bond acceptors (Lipinski definition) is 6. The Hall–Kier alpha value is -3.08. The summed E-state index contributed by atoms with van der Waals surface area (Å²) in [5.74, 6) is -0.202. The van der Waals surface area contributed by atoms with E-state index in [1.54, 1.807) is 12.3 Å². The van der Waals surface area contributed by atoms with Crippen LogP contribution in [0.4, 0.5) is 18.3 Å². The van der Waals surface area contributed by atoms with Crippen LogP contribution in [0.2, 0.25) is 5.02 Å². The van der Waals surface area contributed by atoms with Gasteiger partial charge in [0.05, 0.1) is 17.3 Å². The predicted molar refractivity (Wildman–Crippen MR) is 135 cm³/mol. The molecule has 2 aliphatic heterocycles. The highest BCUT2D eigenvalue weighted by molar-refractivity contribution is 7.17. The lowest BCUT2D eigenvalue weighted by atomic mass is 9.98. The van der Waals surface area contributed by atoms with Crippen LogP contribution in [0, 0.1) is 0 Å². The number of likely N-dealkylation sites (N-methyl/N-ethyl adjacent to an activating group) is 1. The van der Waals surface area contributed by atoms with Gasteiger partial charge in [0.25, 0.3) is 0 Å². The first-order valence-corrected chi connectivity index (χ1v) is 12.6. The van der Waals surface area contributed by atoms with Gasteiger partial charge in [-0.05, 0) is 54.9 Å². The third kappa shape index (κ3) is 4.03. The Balaban J connectivity index is 1.50. The molecule has 6 rings (SSSR count). The Morgan fingerprint density at radius 3 is 2.75 bits per heavy atom. The molecule has 2 N–H and O–H groups in total. The zero-order chi connectivity index (χ0) is 25.2. The van der Waals surface area contributed by atoms with Crippen molar-refractivity contribution in [3.63, 3.8) is 0 Å². The van der Waals surface area contributed by atoms with Crippen molar-refractivity contribution in [2.75, 3.05) is 25.0 Å². The first kappa shape index (κ1) is 23.3. The smallest absolute Gasteiger partial charge is 0.417 e. The van der Waals surface area contributed by atoms with Gasteiger partial charge in [-0.25, -0.2) is 0 Å². The first-order valence-electron chi connectivity index (χ1n) is 11.4. The van der Waals surface area contributed by atoms with Gasteiger partial charge >= 0.3 is 6.18 Å². The number of aromatic hydroxyl groups is 1. The van der Waals surface area contributed by atoms with Gasteiger partial charge in [-0.15, -0.1) is 0 Å². The van der Waals surface area contributed by atoms with Crippen molar-refractivity contribution in [3.05, 3.63) is 69.2 Å². The number of anilines is 1. The van der Waals surface area contributed by atoms with Crippen LogP contribution >= 0.6 is 22.9 Å². The van der Waals surface area contributed by atoms with Gasteiger partial charge in [0.15, 0.2) is 5.13 Å². The Morgan fingerprint density at radius 1 is 1.19 bits per heavy atom. The molecule has 6 nitrogen and oxygen atoms in total. The van der Waals surface area contributed by atoms with Crippen molar-refractivity contribution in [3.8, 4) is 5.88 Å². The summed E-state index contributed by atoms with van der Waals surface area (Å²) in [5, 5.41) is 19.3. The zero-order valence-electron chi connectivity index (χ0n) is 19.1. The number of likely N-dealkylation sites (tertiary alicyclic amines) is 1. The third-order valence-corrected chi connectivity index (χ3v) is 8.32. The highest BCUT2D eigenvalue weighted by Gasteiger charge is 2.43. The standard InChI is InChI=1S/C25H21ClF3N5OS/c1-33-11-18-9-17(33)12-34(18)24-31-23(35)22(36-24)19(13-3-5-21-15(6-13)10-30-32-21)7-14-2-4-16(26)8-20(14)25(27,28)29/h2-8,10,17-18,35H,9,11-12H2,1H3,(H,30,32). The highest BCUT2D eigenvalue weighted by atomic mass is 35.5. The maximum atomic E-state index is 13.9. The third-order valence-electron chi connectivity index (χ3n) is 6.97. The zero-order valence-corrected chi connectivity index (χ0v) is 20.6. The summed E-state index contributed by atoms with van der Waals surface area (Å²) in [6.45, 7) is 1.73. The molecule has 4 aromatic rings. The van der Waals surface area contributed by atoms with Crippen LogP contribution in [-0.4, -0.2) is 57.4 Å². The van der Waals surface area contributed by atoms with E-state index in [1.807, 2.05) is 12.1 Å². The number of hydrogen-bond donors (Lipinski definition) is 2. The van der Waals surface area contributed by atoms with Gasteiger partial charge in [0, 0.05) is 41.2 Å². The SMILES string of the molecule is CN1CC2CC1CN2c1nc(O)c(C(=Cc2ccc(Cl)cc2C(F)(F)F)c2ccc3[nH]ncc3c2)s1. The largest absolute Gasteiger partial charge is 0.492 e. The summed E-state index contributed by atoms with van der Waals surface area (Å²) in [4.78, 5) is 9.36. The number of fused-ring (bicyclic) bond motifs is 3. The van der Waals surface area contributed by atoms with Gasteiger partial charge in [0.1, 0.15) is 4.88 Å². The van der Waals surface area contributed by atoms with E-state index in [9.17, 15) is 18.3 Å². The molecular formula is C25H21ClF3N5OS. The predicted octanol–water partition coefficient (Wildman–Crippen LogP) is 5.88. The molecule has 0 radical (unpaired) electrons. The minimum Gasteiger partial charge on any atom is -0.492 e. The minimum absolute atomic E-state index is 0.00202. The average Bonchev–Trinajstić information content (AvgIpc) is 3.60. The van der Waals surface area contributed by atoms with Crippen molar-refractivity contribution in [1.82, 2.24) is 20.1 Å². The number of benzene rings is 2. The van der Waals surface area contributed by atoms with Gasteiger partial charge in [-0.2, -0.15) is 23.3 Å². The number of halogens is 4. The molecule has 2 atom stereocenters. The fourth-order valence-corrected chi connectivity index (χ4v) is 6.40. The van der Waals surface area contributed by atoms with E-state index < -0.39 is 11.7 Å². The number of H-pyrrole nitrogens is 1. The van der Waals surface area contributed by atoms with Crippen molar-refractivity contribution < 1.29 is 18.3 Å². The van der Waals surface area contributed by atoms with Crippen molar-refractivity contribution >= 4 is 50.6 Å². The van der Waals surface area contributed by atoms with E-state index in [2.05, 4.69) is 32.0 Å². The molecule has 2 unspecified atom stereocenters. The molecule has 2 fully saturated rings. The highest BCUT2D eigenvalue weighted by Crippen LogP contribution is 2.44. The Bertz CT molecular complexity index is 1490. The van der Waals surface area contributed by atoms with Gasteiger partial charge in [0.2, 0.25) is 5.88 Å². The molecule has 2 aromatic carbocycles. The molecule has 186 valence electrons. The van der Waals surface area contributed by atoms with E-state index in [0.717, 1.165) is 36.5 Å². The molecule has 0 aliphatic carbocycles. The lowest BCUT2D eigenvalue weighted by Crippen LogP contribution is -2.44. The number of aromatic amines is 1. The van der Waals surface area contributed by atoms with E-state index >= 15 is 0 Å². The van der Waals surface area contributed by atoms with Crippen molar-refractivity contribution in [2.24, 2.45) is 0 Å². The van der Waals surface area contributed by atoms with Gasteiger partial charge in [-0.1, -0.05) is 35.1 Å². The van der Waals surface area contributed by atoms with Crippen molar-refractivity contribution in [1.29, 1.82) is 0 Å². The lowest BCUT2D eigenvalue weighted by molar-refractivity contribution is -0.137. The fraction of sp³-hybridized carbons (Fsp3) is 0.280. The molecule has 2 saturated heterocycles. The second kappa shape index (κ2) is 8.50. The van der Waals surface area contributed by atoms with E-state index in [-0.39, 0.29) is 16.5 Å². The second-order valence-electron chi connectivity index (χ2n) is 9.24. The van der Waals surface area contributed by atoms with Gasteiger partial charge in [-0.3, -0.25) is 10.00 Å². The molecule has 2 aromatic heterocycles. The minimum atomic E-state index is -4.60. The molecule has 0 amide bonds. The summed E-state index contributed by atoms with van der Waals surface area (Å²) in [7, 11) is 2.10. The quantitative estimate of drug-likeness (QED) is 0.322. The fourth-order valence-electron chi connectivity index (χ4n) is 5.15. The van der Waals surface area contributed by atoms with E-state index in [1.165, 1.54) is 29.5 Å². The number of thiazole rings is 1. The van der Waals surface area contributed by atoms with Gasteiger partial charge < -0.3 is 10.0 Å². The monoisotopic (exact) mass is 531 g/mol. The second-order valence-corrected chi connectivity index (χ2v) is 10.7. The Kier molecular flexibility index (Phi) is 5.51. The summed E-state index contributed by atoms with van der Waals surface area (Å²) in [5.41, 5.74) is 0.979. The van der Waals surface area contributed by atoms with Crippen molar-refractivity contribution in [2.45, 2.75) is 24.7 Å². The normalized spacial score (nSPS) is 20.7. The van der Waals surface area contributed by atoms with E-state index in [4.69, 9.17) is 11.6 Å². The Morgan fingerprint density at radius 2 is 2.03 bits per heavy atom. The van der Waals surface area contributed by atoms with E-state index in [0.29, 0.717) is 33.2 Å². The molecule has 4 heterocycles. The molecule has 36 heavy (non-hydrogen) atoms. The number of piperazine rings is 1. The molecule has 11 heteroatoms. The summed E-state index contributed by atoms with van der Waals surface area (Å²) < 4.78 is 41.7. The summed E-state index contributed by atoms with van der Waals surface area (Å²) in [6.07, 6.45) is -0.472. The van der Waals surface area contributed by atoms with Crippen LogP contribution in [0.5, 0.6) is 5.88 Å². The molecule has 2 bridgehead atoms. The summed E-state index contributed by atoms with van der Waals surface area (Å²) >= 11 is 7.19. The summed E-state index contributed by atoms with van der Waals surface area (Å²) in [6, 6.07) is 9.87. The maximum Gasteiger partial charge on any atom is 0.417 e. The van der Waals surface area contributed by atoms with Crippen LogP contribution in [0.1, 0.15) is 28.0 Å². The number of nitrogens with one attached hydrogen (secondary N) is 1. The molecule has 2 aliphatic rings. The topological polar surface area (TPSA) is 68.3 Å². The number of aromatic nitrogens is 3. The molecular weight excluding hydrogens is 511 g/mol. The number of alkyl halides is 3.